The van der Waals surface area contributed by atoms with Gasteiger partial charge >= 0.3 is 0 Å². The summed E-state index contributed by atoms with van der Waals surface area (Å²) in [6.07, 6.45) is 0.875. The summed E-state index contributed by atoms with van der Waals surface area (Å²) in [5, 5.41) is 0. The third-order valence-corrected chi connectivity index (χ3v) is 2.31. The molecule has 17 heavy (non-hydrogen) atoms. The first-order chi connectivity index (χ1) is 8.21. The molecule has 1 aromatic carbocycles. The van der Waals surface area contributed by atoms with Gasteiger partial charge in [-0.2, -0.15) is 0 Å². The molecule has 0 fully saturated rings. The van der Waals surface area contributed by atoms with Crippen LogP contribution in [0.5, 0.6) is 11.5 Å². The molecule has 0 saturated carbocycles. The molecule has 1 atom stereocenters. The Morgan fingerprint density at radius 1 is 1.47 bits per heavy atom. The van der Waals surface area contributed by atoms with Crippen LogP contribution < -0.4 is 20.7 Å². The monoisotopic (exact) mass is 238 g/mol. The van der Waals surface area contributed by atoms with Gasteiger partial charge < -0.3 is 9.47 Å². The smallest absolute Gasteiger partial charge is 0.274 e. The lowest BCUT2D eigenvalue weighted by Gasteiger charge is -2.17. The van der Waals surface area contributed by atoms with Crippen LogP contribution in [-0.2, 0) is 4.79 Å². The van der Waals surface area contributed by atoms with Gasteiger partial charge in [0.2, 0.25) is 0 Å². The number of carbonyl (C=O) groups is 1. The van der Waals surface area contributed by atoms with Gasteiger partial charge in [0.15, 0.2) is 6.10 Å². The van der Waals surface area contributed by atoms with E-state index < -0.39 is 6.10 Å². The van der Waals surface area contributed by atoms with Gasteiger partial charge in [-0.05, 0) is 18.6 Å². The molecule has 0 spiro atoms. The van der Waals surface area contributed by atoms with E-state index in [0.717, 1.165) is 6.42 Å². The minimum Gasteiger partial charge on any atom is -0.497 e. The standard InChI is InChI=1S/C12H18N2O3/c1-3-5-11(12(15)14-13)17-10-7-4-6-9(8-10)16-2/h4,6-8,11H,3,5,13H2,1-2H3,(H,14,15). The summed E-state index contributed by atoms with van der Waals surface area (Å²) in [6.45, 7) is 1.98. The Labute approximate surface area is 101 Å². The van der Waals surface area contributed by atoms with E-state index in [-0.39, 0.29) is 5.91 Å². The van der Waals surface area contributed by atoms with Crippen molar-refractivity contribution in [2.45, 2.75) is 25.9 Å². The number of methoxy groups -OCH3 is 1. The molecule has 0 aliphatic rings. The van der Waals surface area contributed by atoms with Crippen LogP contribution in [0.4, 0.5) is 0 Å². The first-order valence-corrected chi connectivity index (χ1v) is 5.52. The molecule has 3 N–H and O–H groups in total. The lowest BCUT2D eigenvalue weighted by molar-refractivity contribution is -0.128. The maximum Gasteiger partial charge on any atom is 0.274 e. The molecular weight excluding hydrogens is 220 g/mol. The number of rotatable bonds is 6. The molecule has 1 rings (SSSR count). The predicted octanol–water partition coefficient (Wildman–Crippen LogP) is 1.23. The van der Waals surface area contributed by atoms with Gasteiger partial charge in [0, 0.05) is 6.07 Å². The zero-order valence-electron chi connectivity index (χ0n) is 10.1. The number of benzene rings is 1. The number of hydrogen-bond donors (Lipinski definition) is 2. The fourth-order valence-electron chi connectivity index (χ4n) is 1.44. The lowest BCUT2D eigenvalue weighted by Crippen LogP contribution is -2.42. The largest absolute Gasteiger partial charge is 0.497 e. The van der Waals surface area contributed by atoms with Crippen LogP contribution >= 0.6 is 0 Å². The highest BCUT2D eigenvalue weighted by Gasteiger charge is 2.18. The van der Waals surface area contributed by atoms with Crippen LogP contribution in [0, 0.1) is 0 Å². The Morgan fingerprint density at radius 3 is 2.76 bits per heavy atom. The van der Waals surface area contributed by atoms with Crippen molar-refractivity contribution in [2.75, 3.05) is 7.11 Å². The molecule has 0 aliphatic carbocycles. The second-order valence-corrected chi connectivity index (χ2v) is 3.58. The fraction of sp³-hybridized carbons (Fsp3) is 0.417. The summed E-state index contributed by atoms with van der Waals surface area (Å²) >= 11 is 0. The molecule has 5 heteroatoms. The average Bonchev–Trinajstić information content (AvgIpc) is 2.37. The molecule has 0 radical (unpaired) electrons. The topological polar surface area (TPSA) is 73.6 Å². The van der Waals surface area contributed by atoms with Crippen molar-refractivity contribution in [2.24, 2.45) is 5.84 Å². The van der Waals surface area contributed by atoms with Crippen LogP contribution in [0.3, 0.4) is 0 Å². The summed E-state index contributed by atoms with van der Waals surface area (Å²) < 4.78 is 10.7. The summed E-state index contributed by atoms with van der Waals surface area (Å²) in [7, 11) is 1.58. The second-order valence-electron chi connectivity index (χ2n) is 3.58. The van der Waals surface area contributed by atoms with E-state index in [4.69, 9.17) is 15.3 Å². The van der Waals surface area contributed by atoms with Gasteiger partial charge in [0.25, 0.3) is 5.91 Å². The third kappa shape index (κ3) is 3.96. The van der Waals surface area contributed by atoms with Crippen molar-refractivity contribution in [1.82, 2.24) is 5.43 Å². The van der Waals surface area contributed by atoms with Gasteiger partial charge in [0.1, 0.15) is 11.5 Å². The van der Waals surface area contributed by atoms with Gasteiger partial charge in [-0.25, -0.2) is 5.84 Å². The number of carbonyl (C=O) groups excluding carboxylic acids is 1. The molecule has 1 amide bonds. The number of hydrogen-bond acceptors (Lipinski definition) is 4. The zero-order chi connectivity index (χ0) is 12.7. The summed E-state index contributed by atoms with van der Waals surface area (Å²) in [6, 6.07) is 7.11. The molecular formula is C12H18N2O3. The molecule has 0 heterocycles. The third-order valence-electron chi connectivity index (χ3n) is 2.31. The van der Waals surface area contributed by atoms with E-state index in [0.29, 0.717) is 17.9 Å². The van der Waals surface area contributed by atoms with E-state index >= 15 is 0 Å². The Kier molecular flexibility index (Phi) is 5.29. The molecule has 5 nitrogen and oxygen atoms in total. The van der Waals surface area contributed by atoms with Crippen LogP contribution in [0.2, 0.25) is 0 Å². The minimum absolute atomic E-state index is 0.324. The highest BCUT2D eigenvalue weighted by Crippen LogP contribution is 2.20. The fourth-order valence-corrected chi connectivity index (χ4v) is 1.44. The van der Waals surface area contributed by atoms with Crippen molar-refractivity contribution in [3.05, 3.63) is 24.3 Å². The van der Waals surface area contributed by atoms with Crippen LogP contribution in [0.1, 0.15) is 19.8 Å². The first-order valence-electron chi connectivity index (χ1n) is 5.52. The summed E-state index contributed by atoms with van der Waals surface area (Å²) in [4.78, 5) is 11.5. The van der Waals surface area contributed by atoms with Crippen LogP contribution in [0.25, 0.3) is 0 Å². The molecule has 0 aliphatic heterocycles. The van der Waals surface area contributed by atoms with E-state index in [2.05, 4.69) is 5.43 Å². The number of amides is 1. The maximum atomic E-state index is 11.5. The Morgan fingerprint density at radius 2 is 2.18 bits per heavy atom. The molecule has 0 saturated heterocycles. The highest BCUT2D eigenvalue weighted by molar-refractivity contribution is 5.80. The Hall–Kier alpha value is -1.75. The summed E-state index contributed by atoms with van der Waals surface area (Å²) in [5.74, 6) is 6.06. The van der Waals surface area contributed by atoms with E-state index in [1.807, 2.05) is 13.0 Å². The average molecular weight is 238 g/mol. The van der Waals surface area contributed by atoms with Crippen molar-refractivity contribution in [3.8, 4) is 11.5 Å². The Balaban J connectivity index is 2.74. The van der Waals surface area contributed by atoms with Gasteiger partial charge in [-0.15, -0.1) is 0 Å². The van der Waals surface area contributed by atoms with Crippen molar-refractivity contribution >= 4 is 5.91 Å². The SMILES string of the molecule is CCCC(Oc1cccc(OC)c1)C(=O)NN. The number of ether oxygens (including phenoxy) is 2. The van der Waals surface area contributed by atoms with Crippen molar-refractivity contribution in [3.63, 3.8) is 0 Å². The van der Waals surface area contributed by atoms with Gasteiger partial charge in [0.05, 0.1) is 7.11 Å². The second kappa shape index (κ2) is 6.75. The Bertz CT molecular complexity index is 369. The molecule has 0 bridgehead atoms. The maximum absolute atomic E-state index is 11.5. The highest BCUT2D eigenvalue weighted by atomic mass is 16.5. The molecule has 1 aromatic rings. The number of hydrazine groups is 1. The first kappa shape index (κ1) is 13.3. The zero-order valence-corrected chi connectivity index (χ0v) is 10.1. The number of nitrogens with two attached hydrogens (primary N) is 1. The van der Waals surface area contributed by atoms with E-state index in [1.165, 1.54) is 0 Å². The van der Waals surface area contributed by atoms with Crippen molar-refractivity contribution in [1.29, 1.82) is 0 Å². The van der Waals surface area contributed by atoms with Crippen LogP contribution in [-0.4, -0.2) is 19.1 Å². The van der Waals surface area contributed by atoms with Gasteiger partial charge in [-0.3, -0.25) is 10.2 Å². The summed E-state index contributed by atoms with van der Waals surface area (Å²) in [5.41, 5.74) is 2.10. The van der Waals surface area contributed by atoms with E-state index in [1.54, 1.807) is 25.3 Å². The minimum atomic E-state index is -0.572. The molecule has 1 unspecified atom stereocenters. The van der Waals surface area contributed by atoms with E-state index in [9.17, 15) is 4.79 Å². The lowest BCUT2D eigenvalue weighted by atomic mass is 10.2. The predicted molar refractivity (Wildman–Crippen MR) is 64.6 cm³/mol. The number of nitrogens with one attached hydrogen (secondary N) is 1. The molecule has 0 aromatic heterocycles. The van der Waals surface area contributed by atoms with Crippen LogP contribution in [0.15, 0.2) is 24.3 Å². The quantitative estimate of drug-likeness (QED) is 0.444. The van der Waals surface area contributed by atoms with Gasteiger partial charge in [-0.1, -0.05) is 19.4 Å². The molecule has 94 valence electrons. The van der Waals surface area contributed by atoms with Crippen molar-refractivity contribution < 1.29 is 14.3 Å². The normalized spacial score (nSPS) is 11.7.